The summed E-state index contributed by atoms with van der Waals surface area (Å²) in [6.45, 7) is 0.420. The van der Waals surface area contributed by atoms with E-state index >= 15 is 0 Å². The quantitative estimate of drug-likeness (QED) is 0.238. The van der Waals surface area contributed by atoms with Crippen LogP contribution in [-0.2, 0) is 19.4 Å². The molecule has 4 nitrogen and oxygen atoms in total. The summed E-state index contributed by atoms with van der Waals surface area (Å²) in [6, 6.07) is 13.8. The molecule has 0 unspecified atom stereocenters. The highest BCUT2D eigenvalue weighted by Gasteiger charge is 2.20. The first-order valence-electron chi connectivity index (χ1n) is 9.92. The summed E-state index contributed by atoms with van der Waals surface area (Å²) in [5.74, 6) is 1.34. The summed E-state index contributed by atoms with van der Waals surface area (Å²) in [5, 5.41) is 11.1. The Kier molecular flexibility index (Phi) is 7.16. The second-order valence-electron chi connectivity index (χ2n) is 7.21. The van der Waals surface area contributed by atoms with Gasteiger partial charge in [0.2, 0.25) is 0 Å². The van der Waals surface area contributed by atoms with Crippen LogP contribution in [-0.4, -0.2) is 13.3 Å². The number of nitriles is 1. The molecule has 0 N–H and O–H groups in total. The largest absolute Gasteiger partial charge is 0.493 e. The lowest BCUT2D eigenvalue weighted by Crippen LogP contribution is -2.00. The first-order chi connectivity index (χ1) is 15.1. The number of halogens is 2. The number of methoxy groups -OCH3 is 1. The van der Waals surface area contributed by atoms with Gasteiger partial charge in [0, 0.05) is 16.1 Å². The zero-order valence-electron chi connectivity index (χ0n) is 17.0. The highest BCUT2D eigenvalue weighted by Crippen LogP contribution is 2.39. The molecule has 7 heteroatoms. The Hall–Kier alpha value is -2.08. The van der Waals surface area contributed by atoms with Gasteiger partial charge in [-0.3, -0.25) is 0 Å². The predicted molar refractivity (Wildman–Crippen MR) is 134 cm³/mol. The SMILES string of the molecule is COc1cc(C=Nc2sc3c(c2C#N)CCCC3)cc(I)c1OCc1ccc(Cl)cc1. The van der Waals surface area contributed by atoms with Crippen molar-refractivity contribution in [3.8, 4) is 17.6 Å². The molecule has 0 radical (unpaired) electrons. The maximum Gasteiger partial charge on any atom is 0.174 e. The van der Waals surface area contributed by atoms with Crippen molar-refractivity contribution in [2.75, 3.05) is 7.11 Å². The normalized spacial score (nSPS) is 13.1. The summed E-state index contributed by atoms with van der Waals surface area (Å²) < 4.78 is 12.5. The lowest BCUT2D eigenvalue weighted by atomic mass is 9.96. The lowest BCUT2D eigenvalue weighted by molar-refractivity contribution is 0.282. The summed E-state index contributed by atoms with van der Waals surface area (Å²) in [4.78, 5) is 5.97. The molecule has 0 spiro atoms. The van der Waals surface area contributed by atoms with Crippen LogP contribution in [0, 0.1) is 14.9 Å². The minimum absolute atomic E-state index is 0.420. The fourth-order valence-corrected chi connectivity index (χ4v) is 5.67. The molecule has 31 heavy (non-hydrogen) atoms. The molecule has 1 heterocycles. The summed E-state index contributed by atoms with van der Waals surface area (Å²) >= 11 is 9.84. The number of aliphatic imine (C=N–C) groups is 1. The van der Waals surface area contributed by atoms with Gasteiger partial charge in [0.05, 0.1) is 16.2 Å². The number of benzene rings is 2. The minimum atomic E-state index is 0.420. The maximum atomic E-state index is 9.63. The van der Waals surface area contributed by atoms with Crippen molar-refractivity contribution in [3.05, 3.63) is 72.1 Å². The van der Waals surface area contributed by atoms with Crippen LogP contribution >= 0.6 is 45.5 Å². The van der Waals surface area contributed by atoms with E-state index in [1.54, 1.807) is 24.7 Å². The Morgan fingerprint density at radius 2 is 2.00 bits per heavy atom. The zero-order chi connectivity index (χ0) is 21.8. The van der Waals surface area contributed by atoms with Gasteiger partial charge in [-0.1, -0.05) is 23.7 Å². The summed E-state index contributed by atoms with van der Waals surface area (Å²) in [7, 11) is 1.63. The smallest absolute Gasteiger partial charge is 0.174 e. The van der Waals surface area contributed by atoms with E-state index in [0.29, 0.717) is 23.1 Å². The van der Waals surface area contributed by atoms with Gasteiger partial charge in [-0.25, -0.2) is 4.99 Å². The number of thiophene rings is 1. The average molecular weight is 563 g/mol. The Bertz CT molecular complexity index is 1170. The maximum absolute atomic E-state index is 9.63. The van der Waals surface area contributed by atoms with Crippen LogP contribution in [0.25, 0.3) is 0 Å². The number of nitrogens with zero attached hydrogens (tertiary/aromatic N) is 2. The molecule has 4 rings (SSSR count). The van der Waals surface area contributed by atoms with Crippen LogP contribution in [0.2, 0.25) is 5.02 Å². The van der Waals surface area contributed by atoms with Gasteiger partial charge in [-0.05, 0) is 89.2 Å². The molecule has 0 atom stereocenters. The lowest BCUT2D eigenvalue weighted by Gasteiger charge is -2.13. The third-order valence-electron chi connectivity index (χ3n) is 5.14. The Labute approximate surface area is 204 Å². The molecule has 2 aromatic carbocycles. The molecule has 0 saturated heterocycles. The van der Waals surface area contributed by atoms with E-state index in [4.69, 9.17) is 21.1 Å². The zero-order valence-corrected chi connectivity index (χ0v) is 20.7. The molecule has 0 fully saturated rings. The van der Waals surface area contributed by atoms with Crippen LogP contribution in [0.1, 0.15) is 40.0 Å². The summed E-state index contributed by atoms with van der Waals surface area (Å²) in [6.07, 6.45) is 6.17. The standard InChI is InChI=1S/C24H20ClIN2O2S/c1-29-21-11-16(10-20(26)23(21)30-14-15-6-8-17(25)9-7-15)13-28-24-19(12-27)18-4-2-3-5-22(18)31-24/h6-11,13H,2-5,14H2,1H3. The molecule has 1 aromatic heterocycles. The van der Waals surface area contributed by atoms with Crippen molar-refractivity contribution in [2.24, 2.45) is 4.99 Å². The van der Waals surface area contributed by atoms with Gasteiger partial charge in [-0.15, -0.1) is 11.3 Å². The van der Waals surface area contributed by atoms with Gasteiger partial charge in [0.15, 0.2) is 11.5 Å². The molecular weight excluding hydrogens is 543 g/mol. The van der Waals surface area contributed by atoms with Crippen LogP contribution in [0.3, 0.4) is 0 Å². The predicted octanol–water partition coefficient (Wildman–Crippen LogP) is 7.09. The number of fused-ring (bicyclic) bond motifs is 1. The first-order valence-corrected chi connectivity index (χ1v) is 12.2. The van der Waals surface area contributed by atoms with Crippen LogP contribution in [0.5, 0.6) is 11.5 Å². The van der Waals surface area contributed by atoms with Crippen molar-refractivity contribution >= 4 is 56.7 Å². The topological polar surface area (TPSA) is 54.6 Å². The van der Waals surface area contributed by atoms with Crippen molar-refractivity contribution in [3.63, 3.8) is 0 Å². The number of rotatable bonds is 6. The number of ether oxygens (including phenoxy) is 2. The fraction of sp³-hybridized carbons (Fsp3) is 0.250. The molecule has 0 amide bonds. The van der Waals surface area contributed by atoms with Gasteiger partial charge in [0.1, 0.15) is 17.7 Å². The Balaban J connectivity index is 1.56. The van der Waals surface area contributed by atoms with Gasteiger partial charge < -0.3 is 9.47 Å². The van der Waals surface area contributed by atoms with Gasteiger partial charge >= 0.3 is 0 Å². The highest BCUT2D eigenvalue weighted by molar-refractivity contribution is 14.1. The first kappa shape index (κ1) is 22.1. The monoisotopic (exact) mass is 562 g/mol. The Morgan fingerprint density at radius 1 is 1.23 bits per heavy atom. The second-order valence-corrected chi connectivity index (χ2v) is 9.89. The Morgan fingerprint density at radius 3 is 2.74 bits per heavy atom. The third-order valence-corrected chi connectivity index (χ3v) is 7.40. The molecule has 158 valence electrons. The molecule has 0 aliphatic heterocycles. The van der Waals surface area contributed by atoms with E-state index in [9.17, 15) is 5.26 Å². The van der Waals surface area contributed by atoms with Crippen molar-refractivity contribution in [1.82, 2.24) is 0 Å². The summed E-state index contributed by atoms with van der Waals surface area (Å²) in [5.41, 5.74) is 3.86. The van der Waals surface area contributed by atoms with Crippen molar-refractivity contribution in [2.45, 2.75) is 32.3 Å². The van der Waals surface area contributed by atoms with E-state index in [1.807, 2.05) is 36.4 Å². The average Bonchev–Trinajstić information content (AvgIpc) is 3.15. The molecule has 1 aliphatic carbocycles. The van der Waals surface area contributed by atoms with Gasteiger partial charge in [0.25, 0.3) is 0 Å². The van der Waals surface area contributed by atoms with Crippen LogP contribution in [0.15, 0.2) is 41.4 Å². The van der Waals surface area contributed by atoms with Crippen molar-refractivity contribution in [1.29, 1.82) is 5.26 Å². The second kappa shape index (κ2) is 10.0. The molecule has 1 aliphatic rings. The minimum Gasteiger partial charge on any atom is -0.493 e. The van der Waals surface area contributed by atoms with Crippen molar-refractivity contribution < 1.29 is 9.47 Å². The molecule has 0 bridgehead atoms. The van der Waals surface area contributed by atoms with E-state index in [0.717, 1.165) is 44.5 Å². The third kappa shape index (κ3) is 5.05. The number of hydrogen-bond donors (Lipinski definition) is 0. The van der Waals surface area contributed by atoms with E-state index in [1.165, 1.54) is 16.9 Å². The molecule has 0 saturated carbocycles. The number of hydrogen-bond acceptors (Lipinski definition) is 5. The fourth-order valence-electron chi connectivity index (χ4n) is 3.58. The van der Waals surface area contributed by atoms with E-state index < -0.39 is 0 Å². The van der Waals surface area contributed by atoms with Crippen LogP contribution < -0.4 is 9.47 Å². The molecular formula is C24H20ClIN2O2S. The van der Waals surface area contributed by atoms with E-state index in [-0.39, 0.29) is 0 Å². The van der Waals surface area contributed by atoms with E-state index in [2.05, 4.69) is 33.7 Å². The number of aryl methyl sites for hydroxylation is 1. The van der Waals surface area contributed by atoms with Crippen LogP contribution in [0.4, 0.5) is 5.00 Å². The highest BCUT2D eigenvalue weighted by atomic mass is 127. The molecule has 3 aromatic rings. The van der Waals surface area contributed by atoms with Gasteiger partial charge in [-0.2, -0.15) is 5.26 Å².